The molecule has 0 amide bonds. The zero-order valence-electron chi connectivity index (χ0n) is 12.4. The van der Waals surface area contributed by atoms with E-state index in [1.165, 1.54) is 11.1 Å². The molecule has 110 valence electrons. The summed E-state index contributed by atoms with van der Waals surface area (Å²) in [7, 11) is 0. The molecular formula is C19H23NO. The van der Waals surface area contributed by atoms with Gasteiger partial charge in [0.2, 0.25) is 0 Å². The Morgan fingerprint density at radius 1 is 0.905 bits per heavy atom. The molecule has 2 aromatic rings. The predicted octanol–water partition coefficient (Wildman–Crippen LogP) is 3.17. The van der Waals surface area contributed by atoms with Crippen LogP contribution < -0.4 is 0 Å². The van der Waals surface area contributed by atoms with Crippen molar-refractivity contribution in [3.63, 3.8) is 0 Å². The summed E-state index contributed by atoms with van der Waals surface area (Å²) >= 11 is 0. The molecule has 3 rings (SSSR count). The van der Waals surface area contributed by atoms with Gasteiger partial charge in [-0.3, -0.25) is 4.90 Å². The van der Waals surface area contributed by atoms with Crippen LogP contribution in [0.2, 0.25) is 0 Å². The van der Waals surface area contributed by atoms with E-state index in [-0.39, 0.29) is 0 Å². The fraction of sp³-hybridized carbons (Fsp3) is 0.368. The Morgan fingerprint density at radius 3 is 2.29 bits per heavy atom. The Bertz CT molecular complexity index is 526. The van der Waals surface area contributed by atoms with Crippen LogP contribution in [-0.4, -0.2) is 37.2 Å². The topological polar surface area (TPSA) is 12.5 Å². The lowest BCUT2D eigenvalue weighted by molar-refractivity contribution is -0.0271. The second-order valence-corrected chi connectivity index (χ2v) is 5.72. The molecule has 0 bridgehead atoms. The van der Waals surface area contributed by atoms with Crippen LogP contribution in [0.25, 0.3) is 0 Å². The van der Waals surface area contributed by atoms with Crippen molar-refractivity contribution < 1.29 is 4.74 Å². The van der Waals surface area contributed by atoms with E-state index < -0.39 is 0 Å². The molecule has 1 atom stereocenters. The average Bonchev–Trinajstić information content (AvgIpc) is 2.55. The zero-order valence-corrected chi connectivity index (χ0v) is 12.4. The Balaban J connectivity index is 1.49. The van der Waals surface area contributed by atoms with E-state index in [4.69, 9.17) is 4.74 Å². The van der Waals surface area contributed by atoms with Gasteiger partial charge in [0.05, 0.1) is 12.7 Å². The molecule has 2 aromatic carbocycles. The van der Waals surface area contributed by atoms with Crippen LogP contribution >= 0.6 is 0 Å². The third kappa shape index (κ3) is 4.42. The third-order valence-corrected chi connectivity index (χ3v) is 4.09. The fourth-order valence-electron chi connectivity index (χ4n) is 2.92. The number of nitrogens with zero attached hydrogens (tertiary/aromatic N) is 1. The number of morpholine rings is 1. The van der Waals surface area contributed by atoms with Gasteiger partial charge in [0.1, 0.15) is 0 Å². The number of rotatable bonds is 5. The van der Waals surface area contributed by atoms with E-state index in [0.717, 1.165) is 39.1 Å². The van der Waals surface area contributed by atoms with Crippen molar-refractivity contribution in [1.82, 2.24) is 4.90 Å². The molecule has 2 nitrogen and oxygen atoms in total. The standard InChI is InChI=1S/C19H23NO/c1-3-7-17(8-4-1)11-12-20-13-14-21-19(16-20)15-18-9-5-2-6-10-18/h1-10,19H,11-16H2. The molecule has 0 spiro atoms. The van der Waals surface area contributed by atoms with E-state index in [0.29, 0.717) is 6.10 Å². The van der Waals surface area contributed by atoms with E-state index >= 15 is 0 Å². The lowest BCUT2D eigenvalue weighted by atomic mass is 10.1. The van der Waals surface area contributed by atoms with Gasteiger partial charge in [-0.05, 0) is 24.0 Å². The largest absolute Gasteiger partial charge is 0.375 e. The second kappa shape index (κ2) is 7.39. The predicted molar refractivity (Wildman–Crippen MR) is 86.5 cm³/mol. The summed E-state index contributed by atoms with van der Waals surface area (Å²) < 4.78 is 5.92. The molecule has 21 heavy (non-hydrogen) atoms. The molecule has 1 heterocycles. The first-order chi connectivity index (χ1) is 10.4. The van der Waals surface area contributed by atoms with Crippen molar-refractivity contribution in [1.29, 1.82) is 0 Å². The van der Waals surface area contributed by atoms with E-state index in [1.807, 2.05) is 0 Å². The van der Waals surface area contributed by atoms with Crippen molar-refractivity contribution in [2.45, 2.75) is 18.9 Å². The second-order valence-electron chi connectivity index (χ2n) is 5.72. The summed E-state index contributed by atoms with van der Waals surface area (Å²) in [5, 5.41) is 0. The molecule has 1 saturated heterocycles. The van der Waals surface area contributed by atoms with Crippen LogP contribution in [0.3, 0.4) is 0 Å². The monoisotopic (exact) mass is 281 g/mol. The van der Waals surface area contributed by atoms with Gasteiger partial charge < -0.3 is 4.74 Å². The van der Waals surface area contributed by atoms with Crippen LogP contribution in [0, 0.1) is 0 Å². The molecule has 0 aromatic heterocycles. The van der Waals surface area contributed by atoms with Gasteiger partial charge in [-0.1, -0.05) is 60.7 Å². The quantitative estimate of drug-likeness (QED) is 0.834. The van der Waals surface area contributed by atoms with Crippen LogP contribution in [-0.2, 0) is 17.6 Å². The van der Waals surface area contributed by atoms with Crippen LogP contribution in [0.4, 0.5) is 0 Å². The fourth-order valence-corrected chi connectivity index (χ4v) is 2.92. The third-order valence-electron chi connectivity index (χ3n) is 4.09. The summed E-state index contributed by atoms with van der Waals surface area (Å²) in [6.07, 6.45) is 2.47. The number of hydrogen-bond acceptors (Lipinski definition) is 2. The van der Waals surface area contributed by atoms with Crippen LogP contribution in [0.15, 0.2) is 60.7 Å². The Morgan fingerprint density at radius 2 is 1.57 bits per heavy atom. The number of benzene rings is 2. The highest BCUT2D eigenvalue weighted by molar-refractivity contribution is 5.16. The first-order valence-electron chi connectivity index (χ1n) is 7.82. The normalized spacial score (nSPS) is 19.5. The highest BCUT2D eigenvalue weighted by Gasteiger charge is 2.20. The summed E-state index contributed by atoms with van der Waals surface area (Å²) in [5.74, 6) is 0. The van der Waals surface area contributed by atoms with Crippen molar-refractivity contribution >= 4 is 0 Å². The van der Waals surface area contributed by atoms with Gasteiger partial charge in [-0.25, -0.2) is 0 Å². The maximum Gasteiger partial charge on any atom is 0.0742 e. The van der Waals surface area contributed by atoms with E-state index in [2.05, 4.69) is 65.6 Å². The van der Waals surface area contributed by atoms with Gasteiger partial charge in [0.25, 0.3) is 0 Å². The molecule has 0 N–H and O–H groups in total. The summed E-state index contributed by atoms with van der Waals surface area (Å²) in [5.41, 5.74) is 2.79. The van der Waals surface area contributed by atoms with Gasteiger partial charge in [0, 0.05) is 19.6 Å². The maximum atomic E-state index is 5.92. The Kier molecular flexibility index (Phi) is 5.03. The SMILES string of the molecule is c1ccc(CCN2CCOC(Cc3ccccc3)C2)cc1. The minimum Gasteiger partial charge on any atom is -0.375 e. The Labute approximate surface area is 127 Å². The minimum absolute atomic E-state index is 0.330. The zero-order chi connectivity index (χ0) is 14.3. The van der Waals surface area contributed by atoms with Gasteiger partial charge in [-0.15, -0.1) is 0 Å². The Hall–Kier alpha value is -1.64. The minimum atomic E-state index is 0.330. The van der Waals surface area contributed by atoms with E-state index in [9.17, 15) is 0 Å². The maximum absolute atomic E-state index is 5.92. The molecule has 1 aliphatic rings. The van der Waals surface area contributed by atoms with Crippen LogP contribution in [0.5, 0.6) is 0 Å². The van der Waals surface area contributed by atoms with Crippen molar-refractivity contribution in [2.24, 2.45) is 0 Å². The van der Waals surface area contributed by atoms with Crippen molar-refractivity contribution in [3.05, 3.63) is 71.8 Å². The smallest absolute Gasteiger partial charge is 0.0742 e. The first kappa shape index (κ1) is 14.3. The van der Waals surface area contributed by atoms with E-state index in [1.54, 1.807) is 0 Å². The molecule has 1 fully saturated rings. The lowest BCUT2D eigenvalue weighted by Crippen LogP contribution is -2.44. The molecular weight excluding hydrogens is 258 g/mol. The molecule has 0 aliphatic carbocycles. The van der Waals surface area contributed by atoms with Crippen LogP contribution in [0.1, 0.15) is 11.1 Å². The van der Waals surface area contributed by atoms with Gasteiger partial charge in [0.15, 0.2) is 0 Å². The average molecular weight is 281 g/mol. The highest BCUT2D eigenvalue weighted by Crippen LogP contribution is 2.12. The van der Waals surface area contributed by atoms with Crippen molar-refractivity contribution in [3.8, 4) is 0 Å². The highest BCUT2D eigenvalue weighted by atomic mass is 16.5. The molecule has 2 heteroatoms. The first-order valence-corrected chi connectivity index (χ1v) is 7.82. The number of ether oxygens (including phenoxy) is 1. The lowest BCUT2D eigenvalue weighted by Gasteiger charge is -2.33. The summed E-state index contributed by atoms with van der Waals surface area (Å²) in [6, 6.07) is 21.4. The van der Waals surface area contributed by atoms with Gasteiger partial charge >= 0.3 is 0 Å². The molecule has 0 radical (unpaired) electrons. The number of hydrogen-bond donors (Lipinski definition) is 0. The summed E-state index contributed by atoms with van der Waals surface area (Å²) in [6.45, 7) is 4.07. The summed E-state index contributed by atoms with van der Waals surface area (Å²) in [4.78, 5) is 2.53. The van der Waals surface area contributed by atoms with Gasteiger partial charge in [-0.2, -0.15) is 0 Å². The molecule has 1 aliphatic heterocycles. The molecule has 0 saturated carbocycles. The molecule has 1 unspecified atom stereocenters. The van der Waals surface area contributed by atoms with Crippen molar-refractivity contribution in [2.75, 3.05) is 26.2 Å².